The average Bonchev–Trinajstić information content (AvgIpc) is 2.81. The number of primary amides is 1. The van der Waals surface area contributed by atoms with Crippen LogP contribution in [0.3, 0.4) is 0 Å². The maximum absolute atomic E-state index is 13.0. The quantitative estimate of drug-likeness (QED) is 0.813. The molecule has 0 fully saturated rings. The van der Waals surface area contributed by atoms with Crippen molar-refractivity contribution in [1.82, 2.24) is 14.8 Å². The van der Waals surface area contributed by atoms with Crippen LogP contribution >= 0.6 is 23.4 Å². The van der Waals surface area contributed by atoms with Crippen molar-refractivity contribution in [2.45, 2.75) is 18.2 Å². The smallest absolute Gasteiger partial charge is 0.227 e. The number of halogens is 2. The number of amides is 1. The molecule has 2 rings (SSSR count). The molecule has 0 unspecified atom stereocenters. The monoisotopic (exact) mass is 344 g/mol. The fraction of sp³-hybridized carbons (Fsp3) is 0.308. The van der Waals surface area contributed by atoms with E-state index in [2.05, 4.69) is 10.2 Å². The average molecular weight is 345 g/mol. The van der Waals surface area contributed by atoms with Gasteiger partial charge in [0, 0.05) is 7.05 Å². The number of thioether (sulfide) groups is 1. The third-order valence-corrected chi connectivity index (χ3v) is 4.11. The highest BCUT2D eigenvalue weighted by Crippen LogP contribution is 2.29. The molecule has 1 amide bonds. The Bertz CT molecular complexity index is 695. The molecule has 0 bridgehead atoms. The number of hydrogen-bond acceptors (Lipinski definition) is 5. The van der Waals surface area contributed by atoms with Crippen molar-refractivity contribution < 1.29 is 13.9 Å². The topological polar surface area (TPSA) is 83.0 Å². The Labute approximate surface area is 135 Å². The first-order valence-corrected chi connectivity index (χ1v) is 7.67. The van der Waals surface area contributed by atoms with Crippen LogP contribution in [-0.2, 0) is 11.8 Å². The molecule has 0 radical (unpaired) electrons. The molecular weight excluding hydrogens is 331 g/mol. The molecule has 0 aliphatic heterocycles. The minimum atomic E-state index is -0.455. The SMILES string of the molecule is C[C@H](Oc1ccc(F)cc1Cl)c1nnc(SCC(N)=O)n1C. The van der Waals surface area contributed by atoms with Crippen molar-refractivity contribution >= 4 is 29.3 Å². The molecule has 1 aromatic carbocycles. The molecule has 9 heteroatoms. The highest BCUT2D eigenvalue weighted by Gasteiger charge is 2.18. The number of nitrogens with two attached hydrogens (primary N) is 1. The van der Waals surface area contributed by atoms with E-state index in [1.807, 2.05) is 0 Å². The zero-order valence-electron chi connectivity index (χ0n) is 11.9. The van der Waals surface area contributed by atoms with Crippen LogP contribution in [0.5, 0.6) is 5.75 Å². The van der Waals surface area contributed by atoms with Gasteiger partial charge in [-0.2, -0.15) is 0 Å². The number of nitrogens with zero attached hydrogens (tertiary/aromatic N) is 3. The van der Waals surface area contributed by atoms with Crippen molar-refractivity contribution in [1.29, 1.82) is 0 Å². The van der Waals surface area contributed by atoms with Crippen LogP contribution in [0.2, 0.25) is 5.02 Å². The van der Waals surface area contributed by atoms with E-state index in [4.69, 9.17) is 22.1 Å². The molecule has 0 aliphatic carbocycles. The second-order valence-corrected chi connectivity index (χ2v) is 5.84. The van der Waals surface area contributed by atoms with Gasteiger partial charge in [-0.15, -0.1) is 10.2 Å². The van der Waals surface area contributed by atoms with Gasteiger partial charge in [0.2, 0.25) is 5.91 Å². The van der Waals surface area contributed by atoms with E-state index >= 15 is 0 Å². The maximum Gasteiger partial charge on any atom is 0.227 e. The number of hydrogen-bond donors (Lipinski definition) is 1. The molecular formula is C13H14ClFN4O2S. The second-order valence-electron chi connectivity index (χ2n) is 4.49. The van der Waals surface area contributed by atoms with Gasteiger partial charge in [-0.05, 0) is 25.1 Å². The van der Waals surface area contributed by atoms with Gasteiger partial charge in [0.1, 0.15) is 11.6 Å². The minimum absolute atomic E-state index is 0.116. The van der Waals surface area contributed by atoms with Crippen molar-refractivity contribution in [3.63, 3.8) is 0 Å². The van der Waals surface area contributed by atoms with Gasteiger partial charge >= 0.3 is 0 Å². The van der Waals surface area contributed by atoms with Gasteiger partial charge < -0.3 is 15.0 Å². The summed E-state index contributed by atoms with van der Waals surface area (Å²) in [5, 5.41) is 8.75. The van der Waals surface area contributed by atoms with Crippen LogP contribution in [-0.4, -0.2) is 26.4 Å². The summed E-state index contributed by atoms with van der Waals surface area (Å²) in [6.07, 6.45) is -0.455. The first-order valence-electron chi connectivity index (χ1n) is 6.30. The molecule has 1 aromatic heterocycles. The van der Waals surface area contributed by atoms with Gasteiger partial charge in [0.25, 0.3) is 0 Å². The van der Waals surface area contributed by atoms with Crippen molar-refractivity contribution in [3.05, 3.63) is 34.9 Å². The number of benzene rings is 1. The summed E-state index contributed by atoms with van der Waals surface area (Å²) in [6.45, 7) is 1.77. The first kappa shape index (κ1) is 16.6. The van der Waals surface area contributed by atoms with Crippen LogP contribution in [0.15, 0.2) is 23.4 Å². The molecule has 0 saturated heterocycles. The Morgan fingerprint density at radius 2 is 2.27 bits per heavy atom. The summed E-state index contributed by atoms with van der Waals surface area (Å²) >= 11 is 7.12. The number of rotatable bonds is 6. The number of aromatic nitrogens is 3. The molecule has 118 valence electrons. The van der Waals surface area contributed by atoms with E-state index in [9.17, 15) is 9.18 Å². The van der Waals surface area contributed by atoms with Gasteiger partial charge in [-0.1, -0.05) is 23.4 Å². The van der Waals surface area contributed by atoms with Crippen LogP contribution in [0.1, 0.15) is 18.9 Å². The molecule has 1 atom stereocenters. The van der Waals surface area contributed by atoms with Gasteiger partial charge in [0.05, 0.1) is 10.8 Å². The van der Waals surface area contributed by atoms with Gasteiger partial charge in [0.15, 0.2) is 17.1 Å². The second kappa shape index (κ2) is 6.97. The Morgan fingerprint density at radius 3 is 2.91 bits per heavy atom. The van der Waals surface area contributed by atoms with Crippen LogP contribution in [0, 0.1) is 5.82 Å². The fourth-order valence-electron chi connectivity index (χ4n) is 1.76. The summed E-state index contributed by atoms with van der Waals surface area (Å²) in [6, 6.07) is 3.89. The van der Waals surface area contributed by atoms with Crippen molar-refractivity contribution in [2.24, 2.45) is 12.8 Å². The fourth-order valence-corrected chi connectivity index (χ4v) is 2.62. The third kappa shape index (κ3) is 3.89. The Hall–Kier alpha value is -1.80. The molecule has 1 heterocycles. The van der Waals surface area contributed by atoms with E-state index in [1.54, 1.807) is 18.5 Å². The zero-order chi connectivity index (χ0) is 16.3. The third-order valence-electron chi connectivity index (χ3n) is 2.77. The first-order chi connectivity index (χ1) is 10.4. The molecule has 22 heavy (non-hydrogen) atoms. The summed E-state index contributed by atoms with van der Waals surface area (Å²) in [5.41, 5.74) is 5.10. The lowest BCUT2D eigenvalue weighted by Gasteiger charge is -2.15. The summed E-state index contributed by atoms with van der Waals surface area (Å²) in [4.78, 5) is 10.8. The normalized spacial score (nSPS) is 12.2. The Morgan fingerprint density at radius 1 is 1.55 bits per heavy atom. The van der Waals surface area contributed by atoms with Crippen LogP contribution < -0.4 is 10.5 Å². The predicted molar refractivity (Wildman–Crippen MR) is 81.4 cm³/mol. The molecule has 0 spiro atoms. The van der Waals surface area contributed by atoms with Gasteiger partial charge in [-0.25, -0.2) is 4.39 Å². The van der Waals surface area contributed by atoms with Crippen molar-refractivity contribution in [3.8, 4) is 5.75 Å². The molecule has 0 saturated carbocycles. The number of carbonyl (C=O) groups is 1. The predicted octanol–water partition coefficient (Wildman–Crippen LogP) is 2.32. The molecule has 2 aromatic rings. The summed E-state index contributed by atoms with van der Waals surface area (Å²) in [7, 11) is 1.75. The Kier molecular flexibility index (Phi) is 5.25. The molecule has 2 N–H and O–H groups in total. The van der Waals surface area contributed by atoms with Crippen LogP contribution in [0.4, 0.5) is 4.39 Å². The molecule has 6 nitrogen and oxygen atoms in total. The summed E-state index contributed by atoms with van der Waals surface area (Å²) < 4.78 is 20.4. The zero-order valence-corrected chi connectivity index (χ0v) is 13.5. The Balaban J connectivity index is 2.12. The summed E-state index contributed by atoms with van der Waals surface area (Å²) in [5.74, 6) is 0.147. The molecule has 0 aliphatic rings. The number of carbonyl (C=O) groups excluding carboxylic acids is 1. The van der Waals surface area contributed by atoms with Crippen LogP contribution in [0.25, 0.3) is 0 Å². The lowest BCUT2D eigenvalue weighted by molar-refractivity contribution is -0.115. The minimum Gasteiger partial charge on any atom is -0.481 e. The highest BCUT2D eigenvalue weighted by atomic mass is 35.5. The standard InChI is InChI=1S/C13H14ClFN4O2S/c1-7(21-10-4-3-8(15)5-9(10)14)12-17-18-13(19(12)2)22-6-11(16)20/h3-5,7H,6H2,1-2H3,(H2,16,20)/t7-/m0/s1. The van der Waals surface area contributed by atoms with E-state index in [0.717, 1.165) is 0 Å². The largest absolute Gasteiger partial charge is 0.481 e. The van der Waals surface area contributed by atoms with Crippen molar-refractivity contribution in [2.75, 3.05) is 5.75 Å². The number of ether oxygens (including phenoxy) is 1. The van der Waals surface area contributed by atoms with E-state index in [1.165, 1.54) is 30.0 Å². The van der Waals surface area contributed by atoms with E-state index in [-0.39, 0.29) is 10.8 Å². The lowest BCUT2D eigenvalue weighted by Crippen LogP contribution is -2.14. The van der Waals surface area contributed by atoms with E-state index in [0.29, 0.717) is 16.7 Å². The van der Waals surface area contributed by atoms with Gasteiger partial charge in [-0.3, -0.25) is 4.79 Å². The van der Waals surface area contributed by atoms with E-state index < -0.39 is 17.8 Å². The maximum atomic E-state index is 13.0. The highest BCUT2D eigenvalue weighted by molar-refractivity contribution is 7.99. The lowest BCUT2D eigenvalue weighted by atomic mass is 10.3.